The van der Waals surface area contributed by atoms with Gasteiger partial charge in [-0.15, -0.1) is 0 Å². The summed E-state index contributed by atoms with van der Waals surface area (Å²) in [6.07, 6.45) is 5.83. The molecule has 0 bridgehead atoms. The molecule has 1 atom stereocenters. The molecular weight excluding hydrogens is 404 g/mol. The highest BCUT2D eigenvalue weighted by molar-refractivity contribution is 6.07. The van der Waals surface area contributed by atoms with Crippen molar-refractivity contribution < 1.29 is 14.3 Å². The molecule has 1 aromatic carbocycles. The summed E-state index contributed by atoms with van der Waals surface area (Å²) in [6, 6.07) is 9.71. The second-order valence-corrected chi connectivity index (χ2v) is 8.12. The monoisotopic (exact) mass is 434 g/mol. The summed E-state index contributed by atoms with van der Waals surface area (Å²) < 4.78 is 10.9. The number of ether oxygens (including phenoxy) is 2. The van der Waals surface area contributed by atoms with E-state index in [2.05, 4.69) is 22.2 Å². The van der Waals surface area contributed by atoms with E-state index < -0.39 is 0 Å². The van der Waals surface area contributed by atoms with E-state index in [1.807, 2.05) is 42.2 Å². The maximum Gasteiger partial charge on any atom is 0.257 e. The van der Waals surface area contributed by atoms with E-state index in [0.717, 1.165) is 49.0 Å². The number of rotatable bonds is 6. The molecule has 4 rings (SSSR count). The number of aromatic nitrogens is 2. The van der Waals surface area contributed by atoms with Crippen LogP contribution in [0.2, 0.25) is 0 Å². The van der Waals surface area contributed by atoms with Crippen LogP contribution in [0.15, 0.2) is 36.5 Å². The number of hydrogen-bond donors (Lipinski definition) is 1. The highest BCUT2D eigenvalue weighted by Gasteiger charge is 2.29. The molecule has 3 heterocycles. The van der Waals surface area contributed by atoms with E-state index in [4.69, 9.17) is 9.47 Å². The zero-order valence-corrected chi connectivity index (χ0v) is 19.1. The number of amides is 1. The number of hydrogen-bond acceptors (Lipinski definition) is 6. The lowest BCUT2D eigenvalue weighted by molar-refractivity contribution is 0.0609. The molecule has 1 aliphatic heterocycles. The third kappa shape index (κ3) is 4.20. The van der Waals surface area contributed by atoms with Gasteiger partial charge in [-0.05, 0) is 56.9 Å². The van der Waals surface area contributed by atoms with Gasteiger partial charge in [-0.1, -0.05) is 6.92 Å². The van der Waals surface area contributed by atoms with Crippen molar-refractivity contribution in [2.24, 2.45) is 0 Å². The summed E-state index contributed by atoms with van der Waals surface area (Å²) in [7, 11) is 3.23. The van der Waals surface area contributed by atoms with Crippen LogP contribution >= 0.6 is 0 Å². The number of fused-ring (bicyclic) bond motifs is 1. The highest BCUT2D eigenvalue weighted by atomic mass is 16.5. The van der Waals surface area contributed by atoms with Crippen molar-refractivity contribution in [3.8, 4) is 11.5 Å². The van der Waals surface area contributed by atoms with E-state index in [-0.39, 0.29) is 11.9 Å². The smallest absolute Gasteiger partial charge is 0.257 e. The van der Waals surface area contributed by atoms with Crippen molar-refractivity contribution in [1.29, 1.82) is 0 Å². The summed E-state index contributed by atoms with van der Waals surface area (Å²) >= 11 is 0. The Morgan fingerprint density at radius 1 is 1.19 bits per heavy atom. The van der Waals surface area contributed by atoms with E-state index in [1.165, 1.54) is 0 Å². The minimum absolute atomic E-state index is 0.00139. The minimum Gasteiger partial charge on any atom is -0.497 e. The van der Waals surface area contributed by atoms with Gasteiger partial charge in [0.2, 0.25) is 0 Å². The number of anilines is 2. The van der Waals surface area contributed by atoms with Gasteiger partial charge in [0.15, 0.2) is 5.65 Å². The van der Waals surface area contributed by atoms with Gasteiger partial charge in [0.05, 0.1) is 31.2 Å². The second-order valence-electron chi connectivity index (χ2n) is 8.12. The lowest BCUT2D eigenvalue weighted by Crippen LogP contribution is -2.43. The zero-order valence-electron chi connectivity index (χ0n) is 19.1. The van der Waals surface area contributed by atoms with Gasteiger partial charge in [-0.25, -0.2) is 9.97 Å². The van der Waals surface area contributed by atoms with E-state index in [0.29, 0.717) is 28.4 Å². The molecule has 0 saturated carbocycles. The third-order valence-corrected chi connectivity index (χ3v) is 6.13. The van der Waals surface area contributed by atoms with Crippen molar-refractivity contribution in [1.82, 2.24) is 14.9 Å². The Balaban J connectivity index is 1.83. The Morgan fingerprint density at radius 3 is 2.78 bits per heavy atom. The first-order valence-electron chi connectivity index (χ1n) is 11.1. The van der Waals surface area contributed by atoms with Crippen LogP contribution < -0.4 is 14.8 Å². The number of likely N-dealkylation sites (tertiary alicyclic amines) is 1. The highest BCUT2D eigenvalue weighted by Crippen LogP contribution is 2.36. The average molecular weight is 435 g/mol. The summed E-state index contributed by atoms with van der Waals surface area (Å²) in [5.74, 6) is 1.32. The van der Waals surface area contributed by atoms with Crippen molar-refractivity contribution in [3.63, 3.8) is 0 Å². The Hall–Kier alpha value is -3.35. The van der Waals surface area contributed by atoms with Gasteiger partial charge >= 0.3 is 0 Å². The molecule has 1 fully saturated rings. The van der Waals surface area contributed by atoms with Crippen molar-refractivity contribution in [2.75, 3.05) is 26.1 Å². The largest absolute Gasteiger partial charge is 0.497 e. The van der Waals surface area contributed by atoms with Crippen molar-refractivity contribution in [3.05, 3.63) is 47.8 Å². The molecule has 0 spiro atoms. The topological polar surface area (TPSA) is 76.6 Å². The Morgan fingerprint density at radius 2 is 2.03 bits per heavy atom. The summed E-state index contributed by atoms with van der Waals surface area (Å²) in [4.78, 5) is 24.8. The number of aryl methyl sites for hydroxylation is 1. The molecule has 3 aromatic rings. The van der Waals surface area contributed by atoms with Crippen LogP contribution in [0.25, 0.3) is 11.0 Å². The molecule has 1 amide bonds. The molecular formula is C25H30N4O3. The van der Waals surface area contributed by atoms with Crippen LogP contribution in [0.5, 0.6) is 11.5 Å². The molecule has 7 nitrogen and oxygen atoms in total. The van der Waals surface area contributed by atoms with Crippen molar-refractivity contribution in [2.45, 2.75) is 45.6 Å². The van der Waals surface area contributed by atoms with Crippen LogP contribution in [-0.2, 0) is 0 Å². The fourth-order valence-electron chi connectivity index (χ4n) is 4.35. The normalized spacial score (nSPS) is 16.1. The fraction of sp³-hybridized carbons (Fsp3) is 0.400. The Labute approximate surface area is 188 Å². The fourth-order valence-corrected chi connectivity index (χ4v) is 4.35. The Bertz CT molecular complexity index is 1130. The molecule has 0 aliphatic carbocycles. The van der Waals surface area contributed by atoms with E-state index >= 15 is 0 Å². The molecule has 1 N–H and O–H groups in total. The minimum atomic E-state index is 0.00139. The summed E-state index contributed by atoms with van der Waals surface area (Å²) in [5.41, 5.74) is 3.44. The molecule has 1 aliphatic rings. The third-order valence-electron chi connectivity index (χ3n) is 6.13. The SMILES string of the molecule is CC[C@@H]1CCCCN1C(=O)c1cnc2nc(C)ccc2c1Nc1ccc(OC)cc1OC. The lowest BCUT2D eigenvalue weighted by atomic mass is 9.98. The van der Waals surface area contributed by atoms with Gasteiger partial charge in [0.25, 0.3) is 5.91 Å². The molecule has 0 unspecified atom stereocenters. The molecule has 168 valence electrons. The van der Waals surface area contributed by atoms with Crippen molar-refractivity contribution >= 4 is 28.3 Å². The Kier molecular flexibility index (Phi) is 6.44. The quantitative estimate of drug-likeness (QED) is 0.581. The van der Waals surface area contributed by atoms with E-state index in [1.54, 1.807) is 20.4 Å². The molecule has 1 saturated heterocycles. The van der Waals surface area contributed by atoms with Gasteiger partial charge < -0.3 is 19.7 Å². The molecule has 7 heteroatoms. The first kappa shape index (κ1) is 21.9. The van der Waals surface area contributed by atoms with Crippen LogP contribution in [-0.4, -0.2) is 47.6 Å². The predicted molar refractivity (Wildman–Crippen MR) is 126 cm³/mol. The number of nitrogens with zero attached hydrogens (tertiary/aromatic N) is 3. The summed E-state index contributed by atoms with van der Waals surface area (Å²) in [5, 5.41) is 4.25. The maximum absolute atomic E-state index is 13.7. The number of piperidine rings is 1. The number of methoxy groups -OCH3 is 2. The molecule has 0 radical (unpaired) electrons. The number of benzene rings is 1. The van der Waals surface area contributed by atoms with Crippen LogP contribution in [0.1, 0.15) is 48.7 Å². The van der Waals surface area contributed by atoms with Crippen LogP contribution in [0.3, 0.4) is 0 Å². The second kappa shape index (κ2) is 9.42. The zero-order chi connectivity index (χ0) is 22.7. The first-order valence-corrected chi connectivity index (χ1v) is 11.1. The van der Waals surface area contributed by atoms with Gasteiger partial charge in [-0.2, -0.15) is 0 Å². The summed E-state index contributed by atoms with van der Waals surface area (Å²) in [6.45, 7) is 4.84. The van der Waals surface area contributed by atoms with Gasteiger partial charge in [-0.3, -0.25) is 4.79 Å². The van der Waals surface area contributed by atoms with Crippen LogP contribution in [0, 0.1) is 6.92 Å². The number of nitrogens with one attached hydrogen (secondary N) is 1. The van der Waals surface area contributed by atoms with Crippen LogP contribution in [0.4, 0.5) is 11.4 Å². The lowest BCUT2D eigenvalue weighted by Gasteiger charge is -2.35. The number of carbonyl (C=O) groups excluding carboxylic acids is 1. The first-order chi connectivity index (χ1) is 15.5. The molecule has 2 aromatic heterocycles. The maximum atomic E-state index is 13.7. The van der Waals surface area contributed by atoms with E-state index in [9.17, 15) is 4.79 Å². The van der Waals surface area contributed by atoms with Gasteiger partial charge in [0, 0.05) is 35.9 Å². The van der Waals surface area contributed by atoms with Gasteiger partial charge in [0.1, 0.15) is 11.5 Å². The number of pyridine rings is 2. The predicted octanol–water partition coefficient (Wildman–Crippen LogP) is 5.10. The number of carbonyl (C=O) groups is 1. The molecule has 32 heavy (non-hydrogen) atoms. The standard InChI is InChI=1S/C25H30N4O3/c1-5-17-8-6-7-13-29(17)25(30)20-15-26-24-19(11-9-16(2)27-24)23(20)28-21-12-10-18(31-3)14-22(21)32-4/h9-12,14-15,17H,5-8,13H2,1-4H3,(H,26,27,28)/t17-/m1/s1. The average Bonchev–Trinajstić information content (AvgIpc) is 2.83.